The van der Waals surface area contributed by atoms with E-state index in [2.05, 4.69) is 4.90 Å². The molecular weight excluding hydrogens is 299 g/mol. The third-order valence-corrected chi connectivity index (χ3v) is 5.57. The molecule has 3 nitrogen and oxygen atoms in total. The molecule has 0 unspecified atom stereocenters. The van der Waals surface area contributed by atoms with Crippen LogP contribution in [0, 0.1) is 17.1 Å². The number of nitrogens with zero attached hydrogens (tertiary/aromatic N) is 2. The zero-order valence-corrected chi connectivity index (χ0v) is 13.4. The van der Waals surface area contributed by atoms with Gasteiger partial charge < -0.3 is 4.74 Å². The molecule has 2 aliphatic rings. The minimum Gasteiger partial charge on any atom is -0.377 e. The molecule has 0 radical (unpaired) electrons. The predicted molar refractivity (Wildman–Crippen MR) is 86.2 cm³/mol. The lowest BCUT2D eigenvalue weighted by atomic mass is 10.1. The van der Waals surface area contributed by atoms with Crippen LogP contribution in [-0.2, 0) is 11.3 Å². The van der Waals surface area contributed by atoms with E-state index in [-0.39, 0.29) is 5.56 Å². The lowest BCUT2D eigenvalue weighted by Gasteiger charge is -2.30. The monoisotopic (exact) mass is 320 g/mol. The van der Waals surface area contributed by atoms with Crippen LogP contribution >= 0.6 is 11.8 Å². The summed E-state index contributed by atoms with van der Waals surface area (Å²) < 4.78 is 19.3. The van der Waals surface area contributed by atoms with Crippen molar-refractivity contribution in [3.05, 3.63) is 35.1 Å². The molecule has 2 heterocycles. The fourth-order valence-corrected chi connectivity index (χ4v) is 4.45. The third-order valence-electron chi connectivity index (χ3n) is 4.42. The van der Waals surface area contributed by atoms with Crippen LogP contribution in [0.15, 0.2) is 18.2 Å². The zero-order valence-electron chi connectivity index (χ0n) is 12.6. The third kappa shape index (κ3) is 3.81. The Balaban J connectivity index is 1.72. The molecule has 2 saturated heterocycles. The minimum atomic E-state index is -0.437. The maximum Gasteiger partial charge on any atom is 0.140 e. The van der Waals surface area contributed by atoms with Gasteiger partial charge in [-0.1, -0.05) is 6.07 Å². The normalized spacial score (nSPS) is 24.8. The van der Waals surface area contributed by atoms with Crippen molar-refractivity contribution >= 4 is 11.8 Å². The standard InChI is InChI=1S/C17H21FN2OS/c18-17-4-3-13(8-14(17)9-19)10-20(15-5-7-22-12-15)11-16-2-1-6-21-16/h3-4,8,15-16H,1-2,5-7,10-12H2/t15-,16-/m1/s1. The number of rotatable bonds is 5. The summed E-state index contributed by atoms with van der Waals surface area (Å²) in [6, 6.07) is 7.37. The first kappa shape index (κ1) is 15.8. The number of benzene rings is 1. The predicted octanol–water partition coefficient (Wildman–Crippen LogP) is 3.18. The van der Waals surface area contributed by atoms with Gasteiger partial charge in [0.2, 0.25) is 0 Å². The highest BCUT2D eigenvalue weighted by molar-refractivity contribution is 7.99. The number of thioether (sulfide) groups is 1. The first-order chi connectivity index (χ1) is 10.8. The van der Waals surface area contributed by atoms with Crippen LogP contribution in [0.2, 0.25) is 0 Å². The van der Waals surface area contributed by atoms with Crippen molar-refractivity contribution in [3.63, 3.8) is 0 Å². The van der Waals surface area contributed by atoms with Gasteiger partial charge in [0.15, 0.2) is 0 Å². The number of nitriles is 1. The van der Waals surface area contributed by atoms with Gasteiger partial charge in [-0.25, -0.2) is 4.39 Å². The largest absolute Gasteiger partial charge is 0.377 e. The van der Waals surface area contributed by atoms with Gasteiger partial charge in [0.05, 0.1) is 11.7 Å². The Kier molecular flexibility index (Phi) is 5.35. The number of halogens is 1. The lowest BCUT2D eigenvalue weighted by Crippen LogP contribution is -2.40. The van der Waals surface area contributed by atoms with Crippen LogP contribution in [0.25, 0.3) is 0 Å². The number of hydrogen-bond donors (Lipinski definition) is 0. The summed E-state index contributed by atoms with van der Waals surface area (Å²) in [5.41, 5.74) is 1.14. The smallest absolute Gasteiger partial charge is 0.140 e. The van der Waals surface area contributed by atoms with Crippen molar-refractivity contribution in [1.29, 1.82) is 5.26 Å². The summed E-state index contributed by atoms with van der Waals surface area (Å²) in [7, 11) is 0. The average molecular weight is 320 g/mol. The first-order valence-corrected chi connectivity index (χ1v) is 9.03. The lowest BCUT2D eigenvalue weighted by molar-refractivity contribution is 0.0575. The Bertz CT molecular complexity index is 548. The van der Waals surface area contributed by atoms with Gasteiger partial charge in [0.1, 0.15) is 11.9 Å². The van der Waals surface area contributed by atoms with Gasteiger partial charge in [-0.3, -0.25) is 4.90 Å². The second kappa shape index (κ2) is 7.45. The second-order valence-electron chi connectivity index (χ2n) is 6.01. The topological polar surface area (TPSA) is 36.3 Å². The Hall–Kier alpha value is -1.09. The Morgan fingerprint density at radius 2 is 2.32 bits per heavy atom. The molecule has 5 heteroatoms. The zero-order chi connectivity index (χ0) is 15.4. The van der Waals surface area contributed by atoms with Crippen LogP contribution in [0.1, 0.15) is 30.4 Å². The van der Waals surface area contributed by atoms with E-state index >= 15 is 0 Å². The number of ether oxygens (including phenoxy) is 1. The van der Waals surface area contributed by atoms with E-state index in [4.69, 9.17) is 10.00 Å². The van der Waals surface area contributed by atoms with Gasteiger partial charge in [-0.15, -0.1) is 0 Å². The van der Waals surface area contributed by atoms with E-state index in [1.165, 1.54) is 18.2 Å². The molecule has 0 aliphatic carbocycles. The molecule has 0 saturated carbocycles. The summed E-state index contributed by atoms with van der Waals surface area (Å²) in [5.74, 6) is 1.92. The van der Waals surface area contributed by atoms with E-state index in [0.717, 1.165) is 43.9 Å². The van der Waals surface area contributed by atoms with Crippen LogP contribution in [0.3, 0.4) is 0 Å². The Labute approximate surface area is 135 Å². The second-order valence-corrected chi connectivity index (χ2v) is 7.16. The fraction of sp³-hybridized carbons (Fsp3) is 0.588. The van der Waals surface area contributed by atoms with Gasteiger partial charge >= 0.3 is 0 Å². The van der Waals surface area contributed by atoms with E-state index in [9.17, 15) is 4.39 Å². The molecule has 0 amide bonds. The van der Waals surface area contributed by atoms with Crippen molar-refractivity contribution in [2.75, 3.05) is 24.7 Å². The van der Waals surface area contributed by atoms with Gasteiger partial charge in [-0.05, 0) is 42.7 Å². The van der Waals surface area contributed by atoms with Crippen molar-refractivity contribution in [2.45, 2.75) is 38.0 Å². The fourth-order valence-electron chi connectivity index (χ4n) is 3.19. The molecule has 0 spiro atoms. The maximum atomic E-state index is 13.5. The van der Waals surface area contributed by atoms with Crippen molar-refractivity contribution in [2.24, 2.45) is 0 Å². The Morgan fingerprint density at radius 1 is 1.41 bits per heavy atom. The highest BCUT2D eigenvalue weighted by Gasteiger charge is 2.27. The molecule has 0 N–H and O–H groups in total. The molecule has 0 bridgehead atoms. The Morgan fingerprint density at radius 3 is 3.00 bits per heavy atom. The van der Waals surface area contributed by atoms with Gasteiger partial charge in [0, 0.05) is 31.5 Å². The summed E-state index contributed by atoms with van der Waals surface area (Å²) in [4.78, 5) is 2.46. The highest BCUT2D eigenvalue weighted by atomic mass is 32.2. The molecule has 0 aromatic heterocycles. The molecule has 118 valence electrons. The molecule has 22 heavy (non-hydrogen) atoms. The van der Waals surface area contributed by atoms with E-state index in [0.29, 0.717) is 12.1 Å². The molecule has 2 fully saturated rings. The van der Waals surface area contributed by atoms with E-state index in [1.807, 2.05) is 17.8 Å². The van der Waals surface area contributed by atoms with Crippen molar-refractivity contribution in [3.8, 4) is 6.07 Å². The minimum absolute atomic E-state index is 0.135. The van der Waals surface area contributed by atoms with Crippen LogP contribution in [-0.4, -0.2) is 41.7 Å². The molecule has 3 rings (SSSR count). The number of hydrogen-bond acceptors (Lipinski definition) is 4. The quantitative estimate of drug-likeness (QED) is 0.835. The van der Waals surface area contributed by atoms with E-state index in [1.54, 1.807) is 12.1 Å². The molecule has 1 aromatic rings. The summed E-state index contributed by atoms with van der Waals surface area (Å²) in [5, 5.41) is 8.99. The summed E-state index contributed by atoms with van der Waals surface area (Å²) in [6.45, 7) is 2.57. The molecule has 1 aromatic carbocycles. The van der Waals surface area contributed by atoms with Crippen molar-refractivity contribution in [1.82, 2.24) is 4.90 Å². The SMILES string of the molecule is N#Cc1cc(CN(C[C@H]2CCCO2)[C@@H]2CCSC2)ccc1F. The first-order valence-electron chi connectivity index (χ1n) is 7.88. The maximum absolute atomic E-state index is 13.5. The molecular formula is C17H21FN2OS. The van der Waals surface area contributed by atoms with Crippen LogP contribution in [0.5, 0.6) is 0 Å². The van der Waals surface area contributed by atoms with E-state index < -0.39 is 5.82 Å². The average Bonchev–Trinajstić information content (AvgIpc) is 3.21. The van der Waals surface area contributed by atoms with Gasteiger partial charge in [0.25, 0.3) is 0 Å². The van der Waals surface area contributed by atoms with Crippen LogP contribution in [0.4, 0.5) is 4.39 Å². The summed E-state index contributed by atoms with van der Waals surface area (Å²) in [6.07, 6.45) is 3.79. The highest BCUT2D eigenvalue weighted by Crippen LogP contribution is 2.26. The van der Waals surface area contributed by atoms with Crippen LogP contribution < -0.4 is 0 Å². The molecule has 2 atom stereocenters. The molecule has 2 aliphatic heterocycles. The summed E-state index contributed by atoms with van der Waals surface area (Å²) >= 11 is 1.99. The van der Waals surface area contributed by atoms with Crippen molar-refractivity contribution < 1.29 is 9.13 Å². The van der Waals surface area contributed by atoms with Gasteiger partial charge in [-0.2, -0.15) is 17.0 Å².